The van der Waals surface area contributed by atoms with Gasteiger partial charge in [0.2, 0.25) is 0 Å². The molecule has 0 bridgehead atoms. The first-order valence-corrected chi connectivity index (χ1v) is 10.7. The molecular formula is C26H24FN3O2. The molecule has 0 unspecified atom stereocenters. The first-order valence-electron chi connectivity index (χ1n) is 10.7. The van der Waals surface area contributed by atoms with Crippen LogP contribution in [0.5, 0.6) is 0 Å². The van der Waals surface area contributed by atoms with Crippen molar-refractivity contribution in [2.24, 2.45) is 0 Å². The fourth-order valence-electron chi connectivity index (χ4n) is 4.49. The molecule has 1 aliphatic rings. The predicted molar refractivity (Wildman–Crippen MR) is 120 cm³/mol. The van der Waals surface area contributed by atoms with Crippen LogP contribution in [0.15, 0.2) is 66.9 Å². The summed E-state index contributed by atoms with van der Waals surface area (Å²) in [7, 11) is 1.40. The fourth-order valence-corrected chi connectivity index (χ4v) is 4.49. The molecule has 1 fully saturated rings. The summed E-state index contributed by atoms with van der Waals surface area (Å²) in [6.45, 7) is 3.67. The predicted octanol–water partition coefficient (Wildman–Crippen LogP) is 5.07. The number of rotatable bonds is 5. The van der Waals surface area contributed by atoms with E-state index in [0.717, 1.165) is 35.4 Å². The van der Waals surface area contributed by atoms with Crippen molar-refractivity contribution < 1.29 is 13.9 Å². The molecule has 2 heterocycles. The number of carbonyl (C=O) groups excluding carboxylic acids is 1. The van der Waals surface area contributed by atoms with E-state index in [4.69, 9.17) is 4.74 Å². The SMILES string of the molecule is COC(=O)C(C)(C)c1cccn2c(C3(c4ccc(-c5ccc(F)cc5)cc4)CC3)nnc12. The number of ether oxygens (including phenoxy) is 1. The standard InChI is InChI=1S/C26H24FN3O2/c1-25(2,24(31)32-3)21-5-4-16-30-22(21)28-29-23(30)26(14-15-26)19-10-6-17(7-11-19)18-8-12-20(27)13-9-18/h4-13,16H,14-15H2,1-3H3. The Kier molecular flexibility index (Phi) is 4.62. The van der Waals surface area contributed by atoms with E-state index in [1.54, 1.807) is 12.1 Å². The molecule has 0 amide bonds. The Bertz CT molecular complexity index is 1300. The molecule has 5 rings (SSSR count). The fraction of sp³-hybridized carbons (Fsp3) is 0.269. The number of esters is 1. The van der Waals surface area contributed by atoms with Crippen molar-refractivity contribution in [2.45, 2.75) is 37.5 Å². The molecule has 1 saturated carbocycles. The lowest BCUT2D eigenvalue weighted by Gasteiger charge is -2.22. The van der Waals surface area contributed by atoms with Gasteiger partial charge >= 0.3 is 5.97 Å². The second-order valence-corrected chi connectivity index (χ2v) is 8.92. The van der Waals surface area contributed by atoms with Crippen molar-refractivity contribution >= 4 is 11.6 Å². The van der Waals surface area contributed by atoms with Gasteiger partial charge in [0.05, 0.1) is 17.9 Å². The van der Waals surface area contributed by atoms with Gasteiger partial charge in [0.25, 0.3) is 0 Å². The van der Waals surface area contributed by atoms with Crippen molar-refractivity contribution in [2.75, 3.05) is 7.11 Å². The number of fused-ring (bicyclic) bond motifs is 1. The number of pyridine rings is 1. The highest BCUT2D eigenvalue weighted by molar-refractivity contribution is 5.84. The summed E-state index contributed by atoms with van der Waals surface area (Å²) in [5, 5.41) is 9.05. The van der Waals surface area contributed by atoms with Crippen LogP contribution in [0, 0.1) is 5.82 Å². The second-order valence-electron chi connectivity index (χ2n) is 8.92. The molecule has 0 spiro atoms. The number of halogens is 1. The monoisotopic (exact) mass is 429 g/mol. The number of aromatic nitrogens is 3. The van der Waals surface area contributed by atoms with Gasteiger partial charge in [-0.1, -0.05) is 42.5 Å². The number of hydrogen-bond acceptors (Lipinski definition) is 4. The maximum Gasteiger partial charge on any atom is 0.315 e. The molecule has 0 saturated heterocycles. The Morgan fingerprint density at radius 1 is 1.00 bits per heavy atom. The number of nitrogens with zero attached hydrogens (tertiary/aromatic N) is 3. The lowest BCUT2D eigenvalue weighted by Crippen LogP contribution is -2.31. The summed E-state index contributed by atoms with van der Waals surface area (Å²) < 4.78 is 20.3. The lowest BCUT2D eigenvalue weighted by molar-refractivity contribution is -0.146. The summed E-state index contributed by atoms with van der Waals surface area (Å²) in [5.74, 6) is 0.327. The Labute approximate surface area is 185 Å². The highest BCUT2D eigenvalue weighted by atomic mass is 19.1. The average molecular weight is 429 g/mol. The zero-order valence-electron chi connectivity index (χ0n) is 18.3. The normalized spacial score (nSPS) is 15.0. The van der Waals surface area contributed by atoms with Crippen LogP contribution >= 0.6 is 0 Å². The maximum atomic E-state index is 13.2. The molecule has 162 valence electrons. The first-order chi connectivity index (χ1) is 15.4. The van der Waals surface area contributed by atoms with E-state index in [2.05, 4.69) is 34.5 Å². The molecule has 4 aromatic rings. The largest absolute Gasteiger partial charge is 0.468 e. The molecule has 32 heavy (non-hydrogen) atoms. The highest BCUT2D eigenvalue weighted by Crippen LogP contribution is 2.53. The minimum absolute atomic E-state index is 0.200. The van der Waals surface area contributed by atoms with Crippen LogP contribution in [-0.4, -0.2) is 27.7 Å². The van der Waals surface area contributed by atoms with Gasteiger partial charge in [-0.15, -0.1) is 10.2 Å². The molecule has 2 aromatic carbocycles. The number of methoxy groups -OCH3 is 1. The lowest BCUT2D eigenvalue weighted by atomic mass is 9.85. The van der Waals surface area contributed by atoms with Crippen LogP contribution in [0.2, 0.25) is 0 Å². The molecule has 5 nitrogen and oxygen atoms in total. The van der Waals surface area contributed by atoms with E-state index in [1.807, 2.05) is 36.6 Å². The van der Waals surface area contributed by atoms with E-state index >= 15 is 0 Å². The van der Waals surface area contributed by atoms with Gasteiger partial charge in [-0.2, -0.15) is 0 Å². The van der Waals surface area contributed by atoms with Gasteiger partial charge in [0, 0.05) is 11.8 Å². The van der Waals surface area contributed by atoms with Gasteiger partial charge in [-0.05, 0) is 61.6 Å². The molecule has 0 radical (unpaired) electrons. The Hall–Kier alpha value is -3.54. The zero-order valence-corrected chi connectivity index (χ0v) is 18.3. The summed E-state index contributed by atoms with van der Waals surface area (Å²) in [6, 6.07) is 18.7. The molecule has 0 aliphatic heterocycles. The smallest absolute Gasteiger partial charge is 0.315 e. The van der Waals surface area contributed by atoms with Crippen molar-refractivity contribution in [1.29, 1.82) is 0 Å². The summed E-state index contributed by atoms with van der Waals surface area (Å²) in [4.78, 5) is 12.4. The summed E-state index contributed by atoms with van der Waals surface area (Å²) in [6.07, 6.45) is 3.91. The van der Waals surface area contributed by atoms with Crippen LogP contribution < -0.4 is 0 Å². The zero-order chi connectivity index (χ0) is 22.5. The quantitative estimate of drug-likeness (QED) is 0.416. The third-order valence-electron chi connectivity index (χ3n) is 6.60. The van der Waals surface area contributed by atoms with Gasteiger partial charge in [-0.25, -0.2) is 4.39 Å². The molecule has 0 N–H and O–H groups in total. The van der Waals surface area contributed by atoms with Crippen LogP contribution in [0.1, 0.15) is 43.6 Å². The Morgan fingerprint density at radius 2 is 1.62 bits per heavy atom. The molecule has 6 heteroatoms. The van der Waals surface area contributed by atoms with Crippen molar-refractivity contribution in [3.05, 3.63) is 89.6 Å². The van der Waals surface area contributed by atoms with Crippen molar-refractivity contribution in [3.63, 3.8) is 0 Å². The Morgan fingerprint density at radius 3 is 2.22 bits per heavy atom. The van der Waals surface area contributed by atoms with E-state index in [0.29, 0.717) is 5.65 Å². The van der Waals surface area contributed by atoms with Crippen LogP contribution in [0.4, 0.5) is 4.39 Å². The van der Waals surface area contributed by atoms with Crippen LogP contribution in [-0.2, 0) is 20.4 Å². The third kappa shape index (κ3) is 3.09. The third-order valence-corrected chi connectivity index (χ3v) is 6.60. The summed E-state index contributed by atoms with van der Waals surface area (Å²) in [5.41, 5.74) is 3.61. The van der Waals surface area contributed by atoms with E-state index in [9.17, 15) is 9.18 Å². The van der Waals surface area contributed by atoms with Gasteiger partial charge in [0.1, 0.15) is 11.6 Å². The van der Waals surface area contributed by atoms with E-state index < -0.39 is 5.41 Å². The van der Waals surface area contributed by atoms with E-state index in [1.165, 1.54) is 24.8 Å². The van der Waals surface area contributed by atoms with Crippen molar-refractivity contribution in [3.8, 4) is 11.1 Å². The van der Waals surface area contributed by atoms with E-state index in [-0.39, 0.29) is 17.2 Å². The van der Waals surface area contributed by atoms with Crippen molar-refractivity contribution in [1.82, 2.24) is 14.6 Å². The minimum atomic E-state index is -0.838. The second kappa shape index (κ2) is 7.26. The van der Waals surface area contributed by atoms with Crippen LogP contribution in [0.25, 0.3) is 16.8 Å². The minimum Gasteiger partial charge on any atom is -0.468 e. The van der Waals surface area contributed by atoms with Gasteiger partial charge in [-0.3, -0.25) is 9.20 Å². The van der Waals surface area contributed by atoms with Crippen LogP contribution in [0.3, 0.4) is 0 Å². The first kappa shape index (κ1) is 20.4. The number of carbonyl (C=O) groups is 1. The molecule has 2 aromatic heterocycles. The number of benzene rings is 2. The molecular weight excluding hydrogens is 405 g/mol. The van der Waals surface area contributed by atoms with Gasteiger partial charge in [0.15, 0.2) is 5.65 Å². The Balaban J connectivity index is 1.54. The average Bonchev–Trinajstić information content (AvgIpc) is 3.50. The number of hydrogen-bond donors (Lipinski definition) is 0. The molecule has 0 atom stereocenters. The molecule has 1 aliphatic carbocycles. The van der Waals surface area contributed by atoms with Gasteiger partial charge < -0.3 is 4.74 Å². The maximum absolute atomic E-state index is 13.2. The summed E-state index contributed by atoms with van der Waals surface area (Å²) >= 11 is 0. The topological polar surface area (TPSA) is 56.5 Å². The highest BCUT2D eigenvalue weighted by Gasteiger charge is 2.50.